The van der Waals surface area contributed by atoms with Crippen molar-refractivity contribution in [3.63, 3.8) is 0 Å². The number of hydrogen-bond donors (Lipinski definition) is 2. The quantitative estimate of drug-likeness (QED) is 0.467. The Hall–Kier alpha value is -2.09. The summed E-state index contributed by atoms with van der Waals surface area (Å²) in [6.07, 6.45) is 1.34. The minimum absolute atomic E-state index is 0. The van der Waals surface area contributed by atoms with Crippen molar-refractivity contribution in [2.75, 3.05) is 13.1 Å². The van der Waals surface area contributed by atoms with Crippen LogP contribution in [0.15, 0.2) is 26.6 Å². The largest absolute Gasteiger partial charge is 0.433 e. The van der Waals surface area contributed by atoms with Crippen LogP contribution in [-0.2, 0) is 0 Å². The van der Waals surface area contributed by atoms with Crippen molar-refractivity contribution in [3.8, 4) is 0 Å². The van der Waals surface area contributed by atoms with Gasteiger partial charge in [0, 0.05) is 6.54 Å². The van der Waals surface area contributed by atoms with Crippen LogP contribution in [0.5, 0.6) is 0 Å². The lowest BCUT2D eigenvalue weighted by Crippen LogP contribution is -2.30. The van der Waals surface area contributed by atoms with Crippen molar-refractivity contribution < 1.29 is 9.34 Å². The average molecular weight is 260 g/mol. The third kappa shape index (κ3) is 3.45. The van der Waals surface area contributed by atoms with Gasteiger partial charge >= 0.3 is 5.88 Å². The smallest absolute Gasteiger partial charge is 0.400 e. The molecule has 2 N–H and O–H groups in total. The lowest BCUT2D eigenvalue weighted by atomic mass is 10.5. The highest BCUT2D eigenvalue weighted by atomic mass is 35.5. The van der Waals surface area contributed by atoms with Gasteiger partial charge in [0.05, 0.1) is 18.8 Å². The molecular formula is C8H10ClN5O3. The molecule has 1 aliphatic heterocycles. The van der Waals surface area contributed by atoms with Gasteiger partial charge in [-0.1, -0.05) is 0 Å². The number of furan rings is 1. The SMILES string of the molecule is Cl.O=[N+]([O-])c1ccc(/C=N/NC2=NCCN2)o1. The molecule has 1 aromatic rings. The number of guanidine groups is 1. The van der Waals surface area contributed by atoms with E-state index in [4.69, 9.17) is 4.42 Å². The number of rotatable bonds is 3. The van der Waals surface area contributed by atoms with E-state index in [9.17, 15) is 10.1 Å². The third-order valence-corrected chi connectivity index (χ3v) is 1.83. The van der Waals surface area contributed by atoms with Crippen LogP contribution in [0.2, 0.25) is 0 Å². The molecule has 0 spiro atoms. The van der Waals surface area contributed by atoms with Gasteiger partial charge in [0.15, 0.2) is 5.76 Å². The highest BCUT2D eigenvalue weighted by Gasteiger charge is 2.10. The second kappa shape index (κ2) is 5.85. The molecular weight excluding hydrogens is 250 g/mol. The second-order valence-electron chi connectivity index (χ2n) is 2.96. The lowest BCUT2D eigenvalue weighted by Gasteiger charge is -1.97. The summed E-state index contributed by atoms with van der Waals surface area (Å²) < 4.78 is 4.86. The number of halogens is 1. The molecule has 0 amide bonds. The zero-order chi connectivity index (χ0) is 11.4. The standard InChI is InChI=1S/C8H9N5O3.ClH/c14-13(15)7-2-1-6(16-7)5-11-12-8-9-3-4-10-8;/h1-2,5H,3-4H2,(H2,9,10,12);1H/b11-5+;. The van der Waals surface area contributed by atoms with Gasteiger partial charge in [-0.25, -0.2) is 10.4 Å². The van der Waals surface area contributed by atoms with Gasteiger partial charge < -0.3 is 9.73 Å². The summed E-state index contributed by atoms with van der Waals surface area (Å²) in [5.74, 6) is 0.577. The van der Waals surface area contributed by atoms with Gasteiger partial charge in [-0.2, -0.15) is 5.10 Å². The summed E-state index contributed by atoms with van der Waals surface area (Å²) in [5.41, 5.74) is 2.65. The summed E-state index contributed by atoms with van der Waals surface area (Å²) in [6, 6.07) is 2.74. The molecule has 17 heavy (non-hydrogen) atoms. The number of nitro groups is 1. The molecule has 2 rings (SSSR count). The molecule has 0 fully saturated rings. The van der Waals surface area contributed by atoms with E-state index < -0.39 is 4.92 Å². The van der Waals surface area contributed by atoms with Crippen LogP contribution in [0.4, 0.5) is 5.88 Å². The van der Waals surface area contributed by atoms with Crippen molar-refractivity contribution in [2.45, 2.75) is 0 Å². The van der Waals surface area contributed by atoms with Crippen LogP contribution < -0.4 is 10.7 Å². The van der Waals surface area contributed by atoms with E-state index in [-0.39, 0.29) is 18.3 Å². The predicted octanol–water partition coefficient (Wildman–Crippen LogP) is 0.492. The zero-order valence-electron chi connectivity index (χ0n) is 8.62. The maximum atomic E-state index is 10.3. The first-order valence-electron chi connectivity index (χ1n) is 4.57. The summed E-state index contributed by atoms with van der Waals surface area (Å²) in [4.78, 5) is 13.8. The van der Waals surface area contributed by atoms with Crippen LogP contribution in [0.1, 0.15) is 5.76 Å². The molecule has 1 aromatic heterocycles. The average Bonchev–Trinajstić information content (AvgIpc) is 2.87. The van der Waals surface area contributed by atoms with E-state index >= 15 is 0 Å². The normalized spacial score (nSPS) is 14.0. The number of aliphatic imine (C=N–C) groups is 1. The van der Waals surface area contributed by atoms with Crippen LogP contribution in [0, 0.1) is 10.1 Å². The topological polar surface area (TPSA) is 105 Å². The minimum Gasteiger partial charge on any atom is -0.400 e. The molecule has 0 atom stereocenters. The molecule has 92 valence electrons. The van der Waals surface area contributed by atoms with Crippen LogP contribution in [0.3, 0.4) is 0 Å². The monoisotopic (exact) mass is 259 g/mol. The summed E-state index contributed by atoms with van der Waals surface area (Å²) in [7, 11) is 0. The summed E-state index contributed by atoms with van der Waals surface area (Å²) in [6.45, 7) is 1.49. The Balaban J connectivity index is 0.00000144. The van der Waals surface area contributed by atoms with Crippen molar-refractivity contribution >= 4 is 30.5 Å². The van der Waals surface area contributed by atoms with E-state index in [0.29, 0.717) is 18.3 Å². The van der Waals surface area contributed by atoms with E-state index in [1.165, 1.54) is 18.3 Å². The van der Waals surface area contributed by atoms with Crippen molar-refractivity contribution in [2.24, 2.45) is 10.1 Å². The predicted molar refractivity (Wildman–Crippen MR) is 63.6 cm³/mol. The molecule has 0 bridgehead atoms. The molecule has 0 saturated heterocycles. The van der Waals surface area contributed by atoms with E-state index in [1.807, 2.05) is 0 Å². The molecule has 0 aliphatic carbocycles. The van der Waals surface area contributed by atoms with Gasteiger partial charge in [-0.15, -0.1) is 12.4 Å². The summed E-state index contributed by atoms with van der Waals surface area (Å²) >= 11 is 0. The Bertz CT molecular complexity index is 456. The van der Waals surface area contributed by atoms with E-state index in [2.05, 4.69) is 20.8 Å². The number of nitrogens with one attached hydrogen (secondary N) is 2. The highest BCUT2D eigenvalue weighted by molar-refractivity contribution is 5.85. The molecule has 9 heteroatoms. The Kier molecular flexibility index (Phi) is 4.46. The van der Waals surface area contributed by atoms with Gasteiger partial charge in [0.2, 0.25) is 5.96 Å². The third-order valence-electron chi connectivity index (χ3n) is 1.83. The molecule has 8 nitrogen and oxygen atoms in total. The van der Waals surface area contributed by atoms with Gasteiger partial charge in [0.1, 0.15) is 4.92 Å². The fraction of sp³-hybridized carbons (Fsp3) is 0.250. The van der Waals surface area contributed by atoms with Gasteiger partial charge in [0.25, 0.3) is 0 Å². The number of hydrogen-bond acceptors (Lipinski definition) is 7. The summed E-state index contributed by atoms with van der Waals surface area (Å²) in [5, 5.41) is 17.1. The molecule has 2 heterocycles. The Morgan fingerprint density at radius 2 is 2.47 bits per heavy atom. The van der Waals surface area contributed by atoms with Crippen LogP contribution in [-0.4, -0.2) is 30.2 Å². The van der Waals surface area contributed by atoms with E-state index in [0.717, 1.165) is 6.54 Å². The van der Waals surface area contributed by atoms with Crippen molar-refractivity contribution in [1.29, 1.82) is 0 Å². The van der Waals surface area contributed by atoms with Gasteiger partial charge in [-0.05, 0) is 6.07 Å². The first kappa shape index (κ1) is 13.0. The van der Waals surface area contributed by atoms with Crippen LogP contribution in [0.25, 0.3) is 0 Å². The molecule has 0 unspecified atom stereocenters. The minimum atomic E-state index is -0.604. The number of nitrogens with zero attached hydrogens (tertiary/aromatic N) is 3. The van der Waals surface area contributed by atoms with E-state index in [1.54, 1.807) is 0 Å². The second-order valence-corrected chi connectivity index (χ2v) is 2.96. The van der Waals surface area contributed by atoms with Gasteiger partial charge in [-0.3, -0.25) is 10.1 Å². The number of hydrazone groups is 1. The van der Waals surface area contributed by atoms with Crippen LogP contribution >= 0.6 is 12.4 Å². The lowest BCUT2D eigenvalue weighted by molar-refractivity contribution is -0.402. The molecule has 0 aromatic carbocycles. The van der Waals surface area contributed by atoms with Crippen molar-refractivity contribution in [3.05, 3.63) is 28.0 Å². The first-order chi connectivity index (χ1) is 7.75. The fourth-order valence-electron chi connectivity index (χ4n) is 1.14. The Labute approximate surface area is 102 Å². The zero-order valence-corrected chi connectivity index (χ0v) is 9.44. The molecule has 1 aliphatic rings. The Morgan fingerprint density at radius 1 is 1.65 bits per heavy atom. The first-order valence-corrected chi connectivity index (χ1v) is 4.57. The maximum absolute atomic E-state index is 10.3. The molecule has 0 radical (unpaired) electrons. The maximum Gasteiger partial charge on any atom is 0.433 e. The fourth-order valence-corrected chi connectivity index (χ4v) is 1.14. The van der Waals surface area contributed by atoms with Crippen molar-refractivity contribution in [1.82, 2.24) is 10.7 Å². The molecule has 0 saturated carbocycles. The highest BCUT2D eigenvalue weighted by Crippen LogP contribution is 2.13. The Morgan fingerprint density at radius 3 is 3.06 bits per heavy atom.